The highest BCUT2D eigenvalue weighted by Crippen LogP contribution is 2.49. The van der Waals surface area contributed by atoms with Gasteiger partial charge in [-0.15, -0.1) is 0 Å². The summed E-state index contributed by atoms with van der Waals surface area (Å²) in [5, 5.41) is 9.55. The molecule has 2 aliphatic rings. The highest BCUT2D eigenvalue weighted by molar-refractivity contribution is 5.86. The third-order valence-corrected chi connectivity index (χ3v) is 7.61. The van der Waals surface area contributed by atoms with Crippen molar-refractivity contribution in [3.63, 3.8) is 0 Å². The second-order valence-corrected chi connectivity index (χ2v) is 9.46. The lowest BCUT2D eigenvalue weighted by atomic mass is 9.63. The summed E-state index contributed by atoms with van der Waals surface area (Å²) >= 11 is 0. The van der Waals surface area contributed by atoms with Crippen LogP contribution in [0, 0.1) is 46.5 Å². The molecule has 2 saturated carbocycles. The third kappa shape index (κ3) is 4.09. The van der Waals surface area contributed by atoms with Crippen LogP contribution in [0.1, 0.15) is 88.2 Å². The van der Waals surface area contributed by atoms with E-state index in [0.717, 1.165) is 31.1 Å². The summed E-state index contributed by atoms with van der Waals surface area (Å²) in [6.07, 6.45) is 12.0. The van der Waals surface area contributed by atoms with Gasteiger partial charge in [0.1, 0.15) is 17.7 Å². The maximum atomic E-state index is 15.0. The van der Waals surface area contributed by atoms with Gasteiger partial charge < -0.3 is 0 Å². The quantitative estimate of drug-likeness (QED) is 0.455. The molecule has 0 aromatic heterocycles. The topological polar surface area (TPSA) is 23.8 Å². The summed E-state index contributed by atoms with van der Waals surface area (Å²) in [5.74, 6) is -0.246. The number of halogens is 3. The number of unbranched alkanes of at least 4 members (excludes halogenated alkanes) is 2. The number of nitriles is 1. The Bertz CT molecular complexity index is 961. The molecule has 1 nitrogen and oxygen atoms in total. The summed E-state index contributed by atoms with van der Waals surface area (Å²) in [6.45, 7) is 2.24. The minimum atomic E-state index is -0.948. The maximum absolute atomic E-state index is 15.0. The van der Waals surface area contributed by atoms with E-state index in [1.165, 1.54) is 51.0 Å². The van der Waals surface area contributed by atoms with Crippen molar-refractivity contribution in [2.45, 2.75) is 77.0 Å². The zero-order valence-electron chi connectivity index (χ0n) is 17.7. The fraction of sp³-hybridized carbons (Fsp3) is 0.577. The van der Waals surface area contributed by atoms with Crippen molar-refractivity contribution in [2.24, 2.45) is 17.8 Å². The van der Waals surface area contributed by atoms with E-state index >= 15 is 4.39 Å². The highest BCUT2D eigenvalue weighted by atomic mass is 19.1. The second-order valence-electron chi connectivity index (χ2n) is 9.46. The van der Waals surface area contributed by atoms with Crippen molar-refractivity contribution < 1.29 is 13.2 Å². The lowest BCUT2D eigenvalue weighted by molar-refractivity contribution is 0.113. The molecule has 30 heavy (non-hydrogen) atoms. The smallest absolute Gasteiger partial charge is 0.152 e. The first-order valence-corrected chi connectivity index (χ1v) is 11.5. The van der Waals surface area contributed by atoms with Gasteiger partial charge in [-0.3, -0.25) is 0 Å². The van der Waals surface area contributed by atoms with Gasteiger partial charge in [-0.1, -0.05) is 39.0 Å². The van der Waals surface area contributed by atoms with Gasteiger partial charge in [-0.25, -0.2) is 13.2 Å². The van der Waals surface area contributed by atoms with Crippen LogP contribution in [0.15, 0.2) is 18.2 Å². The predicted molar refractivity (Wildman–Crippen MR) is 114 cm³/mol. The van der Waals surface area contributed by atoms with Gasteiger partial charge in [-0.2, -0.15) is 5.26 Å². The van der Waals surface area contributed by atoms with Gasteiger partial charge in [0.15, 0.2) is 5.82 Å². The summed E-state index contributed by atoms with van der Waals surface area (Å²) in [5.41, 5.74) is 0.570. The van der Waals surface area contributed by atoms with Crippen LogP contribution < -0.4 is 0 Å². The van der Waals surface area contributed by atoms with Gasteiger partial charge in [-0.05, 0) is 78.9 Å². The third-order valence-electron chi connectivity index (χ3n) is 7.61. The molecule has 2 fully saturated rings. The van der Waals surface area contributed by atoms with Crippen LogP contribution in [0.5, 0.6) is 0 Å². The molecule has 0 bridgehead atoms. The van der Waals surface area contributed by atoms with Gasteiger partial charge in [0.25, 0.3) is 0 Å². The molecule has 2 aliphatic carbocycles. The van der Waals surface area contributed by atoms with Crippen molar-refractivity contribution in [2.75, 3.05) is 0 Å². The Morgan fingerprint density at radius 1 is 0.967 bits per heavy atom. The van der Waals surface area contributed by atoms with Gasteiger partial charge in [0.05, 0.1) is 10.9 Å². The highest BCUT2D eigenvalue weighted by Gasteiger charge is 2.37. The number of benzene rings is 2. The SMILES string of the molecule is CCCCC[C@@H]1CC[C@@H]2CC(c3cc4cc(F)cc(F)c4c(F)c3C#N)CCC2C1. The van der Waals surface area contributed by atoms with Crippen molar-refractivity contribution in [3.8, 4) is 6.07 Å². The molecular weight excluding hydrogens is 383 g/mol. The largest absolute Gasteiger partial charge is 0.207 e. The predicted octanol–water partition coefficient (Wildman–Crippen LogP) is 8.01. The molecule has 0 N–H and O–H groups in total. The summed E-state index contributed by atoms with van der Waals surface area (Å²) in [6, 6.07) is 5.47. The van der Waals surface area contributed by atoms with Crippen LogP contribution in [0.3, 0.4) is 0 Å². The van der Waals surface area contributed by atoms with Crippen LogP contribution in [0.2, 0.25) is 0 Å². The monoisotopic (exact) mass is 413 g/mol. The van der Waals surface area contributed by atoms with Crippen LogP contribution in [-0.2, 0) is 0 Å². The van der Waals surface area contributed by atoms with E-state index in [4.69, 9.17) is 0 Å². The van der Waals surface area contributed by atoms with E-state index in [2.05, 4.69) is 6.92 Å². The fourth-order valence-corrected chi connectivity index (χ4v) is 6.08. The molecule has 0 heterocycles. The first-order valence-electron chi connectivity index (χ1n) is 11.5. The van der Waals surface area contributed by atoms with Crippen LogP contribution in [0.25, 0.3) is 10.8 Å². The van der Waals surface area contributed by atoms with E-state index in [0.29, 0.717) is 17.5 Å². The standard InChI is InChI=1S/C26H30F3N/c1-2-3-4-5-16-6-7-18-11-19(9-8-17(18)10-16)22-13-20-12-21(27)14-24(28)25(20)26(29)23(22)15-30/h12-14,16-19H,2-11H2,1H3/t16-,17?,18-,19?/m1/s1. The van der Waals surface area contributed by atoms with Crippen molar-refractivity contribution in [1.82, 2.24) is 0 Å². The summed E-state index contributed by atoms with van der Waals surface area (Å²) < 4.78 is 42.9. The van der Waals surface area contributed by atoms with Gasteiger partial charge >= 0.3 is 0 Å². The van der Waals surface area contributed by atoms with Crippen LogP contribution in [0.4, 0.5) is 13.2 Å². The van der Waals surface area contributed by atoms with Crippen molar-refractivity contribution >= 4 is 10.8 Å². The summed E-state index contributed by atoms with van der Waals surface area (Å²) in [4.78, 5) is 0. The molecule has 0 radical (unpaired) electrons. The number of nitrogens with zero attached hydrogens (tertiary/aromatic N) is 1. The number of fused-ring (bicyclic) bond motifs is 2. The minimum absolute atomic E-state index is 0.0651. The maximum Gasteiger partial charge on any atom is 0.152 e. The van der Waals surface area contributed by atoms with Crippen LogP contribution in [-0.4, -0.2) is 0 Å². The van der Waals surface area contributed by atoms with Gasteiger partial charge in [0, 0.05) is 6.07 Å². The van der Waals surface area contributed by atoms with E-state index in [9.17, 15) is 14.0 Å². The van der Waals surface area contributed by atoms with Crippen molar-refractivity contribution in [1.29, 1.82) is 5.26 Å². The Kier molecular flexibility index (Phi) is 6.37. The Labute approximate surface area is 177 Å². The van der Waals surface area contributed by atoms with Crippen LogP contribution >= 0.6 is 0 Å². The average molecular weight is 414 g/mol. The molecule has 0 saturated heterocycles. The molecule has 0 aliphatic heterocycles. The molecule has 4 heteroatoms. The molecule has 4 atom stereocenters. The molecule has 2 aromatic carbocycles. The number of rotatable bonds is 5. The lowest BCUT2D eigenvalue weighted by Gasteiger charge is -2.42. The number of hydrogen-bond donors (Lipinski definition) is 0. The fourth-order valence-electron chi connectivity index (χ4n) is 6.08. The molecule has 0 spiro atoms. The molecule has 0 amide bonds. The lowest BCUT2D eigenvalue weighted by Crippen LogP contribution is -2.30. The summed E-state index contributed by atoms with van der Waals surface area (Å²) in [7, 11) is 0. The Hall–Kier alpha value is -2.02. The molecule has 160 valence electrons. The van der Waals surface area contributed by atoms with E-state index in [1.54, 1.807) is 6.07 Å². The first-order chi connectivity index (χ1) is 14.5. The average Bonchev–Trinajstić information content (AvgIpc) is 2.72. The molecular formula is C26H30F3N. The number of hydrogen-bond acceptors (Lipinski definition) is 1. The zero-order chi connectivity index (χ0) is 21.3. The molecule has 2 aromatic rings. The zero-order valence-corrected chi connectivity index (χ0v) is 17.7. The van der Waals surface area contributed by atoms with E-state index in [-0.39, 0.29) is 22.3 Å². The van der Waals surface area contributed by atoms with Gasteiger partial charge in [0.2, 0.25) is 0 Å². The molecule has 2 unspecified atom stereocenters. The first kappa shape index (κ1) is 21.2. The normalized spacial score (nSPS) is 26.4. The van der Waals surface area contributed by atoms with Crippen molar-refractivity contribution in [3.05, 3.63) is 46.8 Å². The second kappa shape index (κ2) is 9.00. The Morgan fingerprint density at radius 2 is 1.73 bits per heavy atom. The Balaban J connectivity index is 1.56. The van der Waals surface area contributed by atoms with E-state index < -0.39 is 17.5 Å². The molecule has 4 rings (SSSR count). The van der Waals surface area contributed by atoms with E-state index in [1.807, 2.05) is 6.07 Å². The Morgan fingerprint density at radius 3 is 2.50 bits per heavy atom. The minimum Gasteiger partial charge on any atom is -0.207 e.